The minimum atomic E-state index is -0.456. The van der Waals surface area contributed by atoms with Crippen LogP contribution in [0.2, 0.25) is 0 Å². The van der Waals surface area contributed by atoms with Crippen molar-refractivity contribution in [2.75, 3.05) is 36.5 Å². The number of nitriles is 1. The molecule has 1 N–H and O–H groups in total. The molecule has 1 aromatic carbocycles. The number of ether oxygens (including phenoxy) is 2. The molecule has 2 amide bonds. The Morgan fingerprint density at radius 2 is 1.97 bits per heavy atom. The number of aromatic nitrogens is 2. The van der Waals surface area contributed by atoms with Crippen LogP contribution in [0.25, 0.3) is 10.9 Å². The van der Waals surface area contributed by atoms with Crippen molar-refractivity contribution in [3.8, 4) is 11.8 Å². The van der Waals surface area contributed by atoms with Gasteiger partial charge in [0.1, 0.15) is 11.9 Å². The number of likely N-dealkylation sites (tertiary alicyclic amines) is 1. The first kappa shape index (κ1) is 23.0. The number of nitrogens with one attached hydrogen (secondary N) is 1. The van der Waals surface area contributed by atoms with Crippen LogP contribution in [0.15, 0.2) is 47.3 Å². The quantitative estimate of drug-likeness (QED) is 0.564. The molecule has 2 fully saturated rings. The highest BCUT2D eigenvalue weighted by molar-refractivity contribution is 5.95. The zero-order valence-electron chi connectivity index (χ0n) is 19.9. The lowest BCUT2D eigenvalue weighted by molar-refractivity contribution is -0.118. The van der Waals surface area contributed by atoms with Crippen molar-refractivity contribution in [2.24, 2.45) is 0 Å². The second-order valence-electron chi connectivity index (χ2n) is 9.36. The van der Waals surface area contributed by atoms with E-state index in [1.165, 1.54) is 0 Å². The minimum absolute atomic E-state index is 0.0592. The molecule has 11 heteroatoms. The summed E-state index contributed by atoms with van der Waals surface area (Å²) in [7, 11) is 0. The van der Waals surface area contributed by atoms with E-state index in [0.717, 1.165) is 30.4 Å². The van der Waals surface area contributed by atoms with E-state index in [4.69, 9.17) is 9.47 Å². The number of aryl methyl sites for hydroxylation is 1. The highest BCUT2D eigenvalue weighted by Gasteiger charge is 2.46. The van der Waals surface area contributed by atoms with Crippen LogP contribution in [-0.4, -0.2) is 64.8 Å². The standard InChI is InChI=1S/C26H24N6O5/c27-13-16-2-3-17-4-7-24(34)31(19(17)12-16)10-1-9-30-11-8-18-21(14-30)37-26(35)32(18)22-6-5-20-25(28-22)29-23(33)15-36-20/h2-7,12,18,21H,1,8-11,14-15H2,(H,28,29,33)/t18?,21-/m0/s1. The predicted molar refractivity (Wildman–Crippen MR) is 133 cm³/mol. The summed E-state index contributed by atoms with van der Waals surface area (Å²) in [6.45, 7) is 2.55. The first-order chi connectivity index (χ1) is 18.0. The molecule has 0 aliphatic carbocycles. The summed E-state index contributed by atoms with van der Waals surface area (Å²) in [5.74, 6) is 0.899. The first-order valence-corrected chi connectivity index (χ1v) is 12.2. The Bertz CT molecular complexity index is 1510. The second kappa shape index (κ2) is 9.22. The summed E-state index contributed by atoms with van der Waals surface area (Å²) in [6, 6.07) is 14.1. The number of hydrogen-bond acceptors (Lipinski definition) is 8. The number of pyridine rings is 2. The van der Waals surface area contributed by atoms with E-state index in [9.17, 15) is 19.6 Å². The van der Waals surface area contributed by atoms with Crippen molar-refractivity contribution in [1.29, 1.82) is 5.26 Å². The van der Waals surface area contributed by atoms with E-state index in [2.05, 4.69) is 21.3 Å². The number of carbonyl (C=O) groups is 2. The minimum Gasteiger partial charge on any atom is -0.480 e. The van der Waals surface area contributed by atoms with Gasteiger partial charge in [-0.1, -0.05) is 6.07 Å². The lowest BCUT2D eigenvalue weighted by Gasteiger charge is -2.35. The number of fused-ring (bicyclic) bond motifs is 3. The molecule has 3 aliphatic heterocycles. The van der Waals surface area contributed by atoms with Gasteiger partial charge in [0, 0.05) is 25.7 Å². The highest BCUT2D eigenvalue weighted by Crippen LogP contribution is 2.34. The van der Waals surface area contributed by atoms with E-state index in [1.54, 1.807) is 45.9 Å². The molecule has 1 unspecified atom stereocenters. The third-order valence-corrected chi connectivity index (χ3v) is 7.07. The highest BCUT2D eigenvalue weighted by atomic mass is 16.6. The maximum atomic E-state index is 12.8. The fourth-order valence-corrected chi connectivity index (χ4v) is 5.30. The molecule has 0 spiro atoms. The van der Waals surface area contributed by atoms with Crippen LogP contribution in [0.3, 0.4) is 0 Å². The summed E-state index contributed by atoms with van der Waals surface area (Å²) < 4.78 is 12.8. The van der Waals surface area contributed by atoms with Gasteiger partial charge in [0.05, 0.1) is 23.2 Å². The number of hydrogen-bond donors (Lipinski definition) is 1. The van der Waals surface area contributed by atoms with Gasteiger partial charge in [-0.2, -0.15) is 5.26 Å². The maximum absolute atomic E-state index is 12.8. The van der Waals surface area contributed by atoms with Crippen molar-refractivity contribution in [2.45, 2.75) is 31.5 Å². The molecule has 188 valence electrons. The van der Waals surface area contributed by atoms with Crippen LogP contribution in [0, 0.1) is 11.3 Å². The molecule has 3 aromatic rings. The molecule has 3 aliphatic rings. The van der Waals surface area contributed by atoms with E-state index >= 15 is 0 Å². The van der Waals surface area contributed by atoms with Gasteiger partial charge >= 0.3 is 6.09 Å². The van der Waals surface area contributed by atoms with Gasteiger partial charge in [0.15, 0.2) is 18.2 Å². The van der Waals surface area contributed by atoms with Gasteiger partial charge in [0.25, 0.3) is 11.5 Å². The van der Waals surface area contributed by atoms with Crippen LogP contribution in [0.4, 0.5) is 16.4 Å². The van der Waals surface area contributed by atoms with E-state index in [0.29, 0.717) is 42.5 Å². The van der Waals surface area contributed by atoms with Crippen molar-refractivity contribution >= 4 is 34.5 Å². The number of amides is 2. The summed E-state index contributed by atoms with van der Waals surface area (Å²) >= 11 is 0. The molecule has 11 nitrogen and oxygen atoms in total. The smallest absolute Gasteiger partial charge is 0.416 e. The molecule has 2 saturated heterocycles. The fourth-order valence-electron chi connectivity index (χ4n) is 5.30. The Kier molecular flexibility index (Phi) is 5.73. The molecule has 0 radical (unpaired) electrons. The summed E-state index contributed by atoms with van der Waals surface area (Å²) in [6.07, 6.45) is 0.681. The van der Waals surface area contributed by atoms with Gasteiger partial charge in [-0.3, -0.25) is 19.4 Å². The summed E-state index contributed by atoms with van der Waals surface area (Å²) in [5.41, 5.74) is 1.18. The molecule has 0 bridgehead atoms. The van der Waals surface area contributed by atoms with Crippen LogP contribution >= 0.6 is 0 Å². The molecular formula is C26H24N6O5. The van der Waals surface area contributed by atoms with E-state index < -0.39 is 6.09 Å². The number of anilines is 2. The molecule has 37 heavy (non-hydrogen) atoms. The van der Waals surface area contributed by atoms with Crippen LogP contribution in [-0.2, 0) is 16.1 Å². The van der Waals surface area contributed by atoms with Crippen LogP contribution in [0.1, 0.15) is 18.4 Å². The van der Waals surface area contributed by atoms with Crippen LogP contribution in [0.5, 0.6) is 5.75 Å². The maximum Gasteiger partial charge on any atom is 0.416 e. The van der Waals surface area contributed by atoms with Gasteiger partial charge in [-0.05, 0) is 55.1 Å². The normalized spacial score (nSPS) is 21.0. The van der Waals surface area contributed by atoms with Gasteiger partial charge in [0.2, 0.25) is 0 Å². The number of piperidine rings is 1. The Hall–Kier alpha value is -4.43. The lowest BCUT2D eigenvalue weighted by Crippen LogP contribution is -2.49. The third kappa shape index (κ3) is 4.25. The van der Waals surface area contributed by atoms with Gasteiger partial charge in [-0.25, -0.2) is 9.78 Å². The Morgan fingerprint density at radius 3 is 2.84 bits per heavy atom. The SMILES string of the molecule is N#Cc1ccc2ccc(=O)n(CCCN3CCC4[C@H](C3)OC(=O)N4c3ccc4c(n3)NC(=O)CO4)c2c1. The third-order valence-electron chi connectivity index (χ3n) is 7.07. The largest absolute Gasteiger partial charge is 0.480 e. The molecule has 2 aromatic heterocycles. The monoisotopic (exact) mass is 500 g/mol. The van der Waals surface area contributed by atoms with Crippen molar-refractivity contribution in [3.63, 3.8) is 0 Å². The fraction of sp³-hybridized carbons (Fsp3) is 0.346. The average molecular weight is 501 g/mol. The Morgan fingerprint density at radius 1 is 1.11 bits per heavy atom. The zero-order valence-corrected chi connectivity index (χ0v) is 19.9. The molecule has 6 rings (SSSR count). The molecule has 0 saturated carbocycles. The summed E-state index contributed by atoms with van der Waals surface area (Å²) in [5, 5.41) is 12.8. The van der Waals surface area contributed by atoms with Crippen molar-refractivity contribution in [3.05, 3.63) is 58.4 Å². The topological polar surface area (TPSA) is 130 Å². The molecule has 2 atom stereocenters. The molecule has 5 heterocycles. The van der Waals surface area contributed by atoms with Crippen molar-refractivity contribution < 1.29 is 19.1 Å². The summed E-state index contributed by atoms with van der Waals surface area (Å²) in [4.78, 5) is 45.2. The molecular weight excluding hydrogens is 476 g/mol. The number of nitrogens with zero attached hydrogens (tertiary/aromatic N) is 5. The lowest BCUT2D eigenvalue weighted by atomic mass is 10.0. The van der Waals surface area contributed by atoms with Gasteiger partial charge < -0.3 is 19.4 Å². The zero-order chi connectivity index (χ0) is 25.5. The number of carbonyl (C=O) groups excluding carboxylic acids is 2. The first-order valence-electron chi connectivity index (χ1n) is 12.2. The number of benzene rings is 1. The second-order valence-corrected chi connectivity index (χ2v) is 9.36. The van der Waals surface area contributed by atoms with E-state index in [1.807, 2.05) is 6.07 Å². The average Bonchev–Trinajstić information content (AvgIpc) is 3.24. The predicted octanol–water partition coefficient (Wildman–Crippen LogP) is 2.09. The number of rotatable bonds is 5. The Labute approximate surface area is 211 Å². The van der Waals surface area contributed by atoms with Crippen molar-refractivity contribution in [1.82, 2.24) is 14.5 Å². The van der Waals surface area contributed by atoms with Crippen LogP contribution < -0.4 is 20.5 Å². The Balaban J connectivity index is 1.11. The van der Waals surface area contributed by atoms with Gasteiger partial charge in [-0.15, -0.1) is 0 Å². The van der Waals surface area contributed by atoms with E-state index in [-0.39, 0.29) is 30.2 Å².